The summed E-state index contributed by atoms with van der Waals surface area (Å²) < 4.78 is 5.42. The van der Waals surface area contributed by atoms with Crippen LogP contribution in [0.15, 0.2) is 0 Å². The van der Waals surface area contributed by atoms with Gasteiger partial charge < -0.3 is 15.4 Å². The third-order valence-corrected chi connectivity index (χ3v) is 5.29. The van der Waals surface area contributed by atoms with Gasteiger partial charge in [0.1, 0.15) is 0 Å². The van der Waals surface area contributed by atoms with Crippen LogP contribution in [0.25, 0.3) is 0 Å². The average Bonchev–Trinajstić information content (AvgIpc) is 2.52. The summed E-state index contributed by atoms with van der Waals surface area (Å²) in [5.41, 5.74) is 0.659. The number of hydrogen-bond acceptors (Lipinski definition) is 4. The Morgan fingerprint density at radius 2 is 1.44 bits per heavy atom. The van der Waals surface area contributed by atoms with Crippen molar-refractivity contribution in [2.45, 2.75) is 73.6 Å². The fourth-order valence-electron chi connectivity index (χ4n) is 2.29. The van der Waals surface area contributed by atoms with Crippen LogP contribution in [0, 0.1) is 10.8 Å². The summed E-state index contributed by atoms with van der Waals surface area (Å²) in [6.45, 7) is 15.3. The van der Waals surface area contributed by atoms with Crippen molar-refractivity contribution in [3.8, 4) is 0 Å². The number of carbonyl (C=O) groups excluding carboxylic acids is 2. The summed E-state index contributed by atoms with van der Waals surface area (Å²) in [5, 5.41) is 5.77. The van der Waals surface area contributed by atoms with Crippen LogP contribution in [0.4, 0.5) is 0 Å². The third-order valence-electron chi connectivity index (χ3n) is 3.73. The van der Waals surface area contributed by atoms with Crippen LogP contribution in [0.3, 0.4) is 0 Å². The minimum atomic E-state index is 0.0224. The molecule has 160 valence electrons. The topological polar surface area (TPSA) is 67.4 Å². The van der Waals surface area contributed by atoms with Gasteiger partial charge in [-0.2, -0.15) is 11.8 Å². The zero-order valence-electron chi connectivity index (χ0n) is 18.4. The van der Waals surface area contributed by atoms with Crippen LogP contribution in [0.5, 0.6) is 0 Å². The number of unbranched alkanes of at least 4 members (excludes halogenated alkanes) is 1. The van der Waals surface area contributed by atoms with Gasteiger partial charge in [-0.05, 0) is 29.4 Å². The molecule has 0 saturated heterocycles. The van der Waals surface area contributed by atoms with E-state index >= 15 is 0 Å². The summed E-state index contributed by atoms with van der Waals surface area (Å²) in [4.78, 5) is 23.4. The maximum atomic E-state index is 11.7. The highest BCUT2D eigenvalue weighted by Crippen LogP contribution is 2.22. The van der Waals surface area contributed by atoms with Crippen LogP contribution in [0.2, 0.25) is 0 Å². The van der Waals surface area contributed by atoms with Gasteiger partial charge in [0.15, 0.2) is 0 Å². The Balaban J connectivity index is 3.42. The second kappa shape index (κ2) is 14.3. The van der Waals surface area contributed by atoms with Crippen LogP contribution in [0.1, 0.15) is 73.6 Å². The van der Waals surface area contributed by atoms with E-state index in [1.165, 1.54) is 0 Å². The van der Waals surface area contributed by atoms with Crippen molar-refractivity contribution >= 4 is 23.6 Å². The monoisotopic (exact) mass is 402 g/mol. The maximum absolute atomic E-state index is 11.7. The van der Waals surface area contributed by atoms with E-state index in [0.717, 1.165) is 30.8 Å². The molecule has 0 spiro atoms. The molecule has 0 radical (unpaired) electrons. The highest BCUT2D eigenvalue weighted by Gasteiger charge is 2.10. The second-order valence-electron chi connectivity index (χ2n) is 9.44. The van der Waals surface area contributed by atoms with Gasteiger partial charge in [0.25, 0.3) is 0 Å². The second-order valence-corrected chi connectivity index (χ2v) is 10.5. The van der Waals surface area contributed by atoms with Crippen molar-refractivity contribution in [3.05, 3.63) is 0 Å². The van der Waals surface area contributed by atoms with Crippen LogP contribution < -0.4 is 10.6 Å². The molecule has 27 heavy (non-hydrogen) atoms. The van der Waals surface area contributed by atoms with E-state index < -0.39 is 0 Å². The Labute approximate surface area is 171 Å². The molecule has 0 aromatic heterocycles. The summed E-state index contributed by atoms with van der Waals surface area (Å²) in [5.74, 6) is 2.13. The van der Waals surface area contributed by atoms with Gasteiger partial charge in [-0.1, -0.05) is 48.0 Å². The molecule has 0 atom stereocenters. The lowest BCUT2D eigenvalue weighted by molar-refractivity contribution is -0.123. The molecule has 0 unspecified atom stereocenters. The molecule has 0 rings (SSSR count). The fraction of sp³-hybridized carbons (Fsp3) is 0.905. The first-order valence-corrected chi connectivity index (χ1v) is 11.3. The summed E-state index contributed by atoms with van der Waals surface area (Å²) in [6, 6.07) is 0. The van der Waals surface area contributed by atoms with Gasteiger partial charge in [-0.15, -0.1) is 0 Å². The smallest absolute Gasteiger partial charge is 0.222 e. The largest absolute Gasteiger partial charge is 0.379 e. The van der Waals surface area contributed by atoms with Gasteiger partial charge in [-0.25, -0.2) is 0 Å². The summed E-state index contributed by atoms with van der Waals surface area (Å²) in [6.07, 6.45) is 4.09. The standard InChI is InChI=1S/C21H42N2O3S/c1-20(2,3)11-8-7-9-18(24)22-12-15-26-14-10-19(25)23-13-16-27-17-21(4,5)6/h7-17H2,1-6H3,(H,22,24)(H,23,25). The summed E-state index contributed by atoms with van der Waals surface area (Å²) >= 11 is 1.86. The predicted octanol–water partition coefficient (Wildman–Crippen LogP) is 4.01. The molecule has 2 amide bonds. The first-order chi connectivity index (χ1) is 12.5. The number of hydrogen-bond donors (Lipinski definition) is 2. The molecule has 0 bridgehead atoms. The van der Waals surface area contributed by atoms with Gasteiger partial charge in [-0.3, -0.25) is 9.59 Å². The highest BCUT2D eigenvalue weighted by molar-refractivity contribution is 7.99. The normalized spacial score (nSPS) is 12.1. The molecule has 6 heteroatoms. The molecule has 0 aromatic rings. The molecular formula is C21H42N2O3S. The lowest BCUT2D eigenvalue weighted by Crippen LogP contribution is -2.29. The van der Waals surface area contributed by atoms with Crippen molar-refractivity contribution in [3.63, 3.8) is 0 Å². The molecule has 0 aliphatic carbocycles. The van der Waals surface area contributed by atoms with E-state index in [0.29, 0.717) is 50.0 Å². The average molecular weight is 403 g/mol. The number of rotatable bonds is 14. The van der Waals surface area contributed by atoms with Gasteiger partial charge in [0.2, 0.25) is 11.8 Å². The Morgan fingerprint density at radius 1 is 0.815 bits per heavy atom. The predicted molar refractivity (Wildman–Crippen MR) is 116 cm³/mol. The van der Waals surface area contributed by atoms with E-state index in [1.807, 2.05) is 11.8 Å². The molecule has 0 aliphatic rings. The van der Waals surface area contributed by atoms with E-state index in [2.05, 4.69) is 52.2 Å². The molecule has 0 aromatic carbocycles. The molecule has 2 N–H and O–H groups in total. The lowest BCUT2D eigenvalue weighted by Gasteiger charge is -2.17. The van der Waals surface area contributed by atoms with E-state index in [-0.39, 0.29) is 11.8 Å². The molecule has 0 aliphatic heterocycles. The number of ether oxygens (including phenoxy) is 1. The number of carbonyl (C=O) groups is 2. The number of amides is 2. The van der Waals surface area contributed by atoms with Crippen LogP contribution in [-0.4, -0.2) is 49.6 Å². The first-order valence-electron chi connectivity index (χ1n) is 10.2. The highest BCUT2D eigenvalue weighted by atomic mass is 32.2. The minimum Gasteiger partial charge on any atom is -0.379 e. The van der Waals surface area contributed by atoms with Crippen LogP contribution in [-0.2, 0) is 14.3 Å². The number of thioether (sulfide) groups is 1. The Kier molecular flexibility index (Phi) is 13.9. The Morgan fingerprint density at radius 3 is 2.07 bits per heavy atom. The molecule has 0 fully saturated rings. The van der Waals surface area contributed by atoms with Crippen molar-refractivity contribution < 1.29 is 14.3 Å². The third kappa shape index (κ3) is 21.4. The van der Waals surface area contributed by atoms with Gasteiger partial charge in [0.05, 0.1) is 13.2 Å². The Hall–Kier alpha value is -0.750. The molecule has 0 saturated carbocycles. The van der Waals surface area contributed by atoms with Gasteiger partial charge in [0, 0.05) is 31.7 Å². The van der Waals surface area contributed by atoms with Gasteiger partial charge >= 0.3 is 0 Å². The van der Waals surface area contributed by atoms with Crippen molar-refractivity contribution in [1.29, 1.82) is 0 Å². The van der Waals surface area contributed by atoms with E-state index in [1.54, 1.807) is 0 Å². The maximum Gasteiger partial charge on any atom is 0.222 e. The summed E-state index contributed by atoms with van der Waals surface area (Å²) in [7, 11) is 0. The SMILES string of the molecule is CC(C)(C)CCCCC(=O)NCCOCCC(=O)NCCSCC(C)(C)C. The zero-order chi connectivity index (χ0) is 20.8. The lowest BCUT2D eigenvalue weighted by atomic mass is 9.89. The zero-order valence-corrected chi connectivity index (χ0v) is 19.2. The van der Waals surface area contributed by atoms with Crippen molar-refractivity contribution in [1.82, 2.24) is 10.6 Å². The quantitative estimate of drug-likeness (QED) is 0.431. The molecule has 5 nitrogen and oxygen atoms in total. The van der Waals surface area contributed by atoms with Crippen molar-refractivity contribution in [2.24, 2.45) is 10.8 Å². The minimum absolute atomic E-state index is 0.0224. The fourth-order valence-corrected chi connectivity index (χ4v) is 3.29. The number of nitrogens with one attached hydrogen (secondary N) is 2. The van der Waals surface area contributed by atoms with Crippen molar-refractivity contribution in [2.75, 3.05) is 37.8 Å². The molecular weight excluding hydrogens is 360 g/mol. The molecule has 0 heterocycles. The van der Waals surface area contributed by atoms with Crippen LogP contribution >= 0.6 is 11.8 Å². The van der Waals surface area contributed by atoms with E-state index in [9.17, 15) is 9.59 Å². The Bertz CT molecular complexity index is 415. The first kappa shape index (κ1) is 26.2. The van der Waals surface area contributed by atoms with E-state index in [4.69, 9.17) is 4.74 Å².